The van der Waals surface area contributed by atoms with Crippen LogP contribution in [0.4, 0.5) is 114 Å². The number of ketones is 1. The van der Waals surface area contributed by atoms with Crippen LogP contribution >= 0.6 is 0 Å². The molecule has 0 aromatic carbocycles. The van der Waals surface area contributed by atoms with Crippen LogP contribution in [-0.2, 0) is 4.79 Å². The van der Waals surface area contributed by atoms with E-state index in [2.05, 4.69) is 0 Å². The van der Waals surface area contributed by atoms with Gasteiger partial charge in [0, 0.05) is 25.7 Å². The van der Waals surface area contributed by atoms with Crippen LogP contribution in [0.25, 0.3) is 0 Å². The number of alkyl halides is 26. The van der Waals surface area contributed by atoms with E-state index in [1.54, 1.807) is 0 Å². The number of carbonyl (C=O) groups is 1. The highest BCUT2D eigenvalue weighted by atomic mass is 19.4. The molecule has 0 atom stereocenters. The van der Waals surface area contributed by atoms with Crippen molar-refractivity contribution in [2.45, 2.75) is 104 Å². The summed E-state index contributed by atoms with van der Waals surface area (Å²) in [6.07, 6.45) is -28.5. The van der Waals surface area contributed by atoms with Crippen molar-refractivity contribution in [3.8, 4) is 0 Å². The Hall–Kier alpha value is -2.15. The number of halogens is 26. The summed E-state index contributed by atoms with van der Waals surface area (Å²) in [6.45, 7) is 0. The van der Waals surface area contributed by atoms with E-state index in [0.717, 1.165) is 0 Å². The lowest BCUT2D eigenvalue weighted by molar-refractivity contribution is -0.440. The summed E-state index contributed by atoms with van der Waals surface area (Å²) < 4.78 is 337. The molecule has 0 bridgehead atoms. The average Bonchev–Trinajstić information content (AvgIpc) is 2.80. The van der Waals surface area contributed by atoms with Crippen molar-refractivity contribution in [3.05, 3.63) is 0 Å². The van der Waals surface area contributed by atoms with Crippen molar-refractivity contribution in [1.82, 2.24) is 0 Å². The van der Waals surface area contributed by atoms with Crippen LogP contribution in [0.15, 0.2) is 0 Å². The zero-order chi connectivity index (χ0) is 37.1. The van der Waals surface area contributed by atoms with Crippen LogP contribution in [0, 0.1) is 0 Å². The van der Waals surface area contributed by atoms with E-state index in [-0.39, 0.29) is 0 Å². The van der Waals surface area contributed by atoms with E-state index in [9.17, 15) is 119 Å². The van der Waals surface area contributed by atoms with Crippen LogP contribution < -0.4 is 0 Å². The Morgan fingerprint density at radius 1 is 0.311 bits per heavy atom. The van der Waals surface area contributed by atoms with Gasteiger partial charge in [0.05, 0.1) is 0 Å². The summed E-state index contributed by atoms with van der Waals surface area (Å²) in [4.78, 5) is 11.4. The van der Waals surface area contributed by atoms with Crippen LogP contribution in [0.2, 0.25) is 0 Å². The number of carbonyl (C=O) groups excluding carboxylic acids is 1. The highest BCUT2D eigenvalue weighted by Gasteiger charge is 2.92. The predicted octanol–water partition coefficient (Wildman–Crippen LogP) is 9.98. The predicted molar refractivity (Wildman–Crippen MR) is 89.7 cm³/mol. The Kier molecular flexibility index (Phi) is 11.0. The Labute approximate surface area is 229 Å². The van der Waals surface area contributed by atoms with Gasteiger partial charge in [0.2, 0.25) is 0 Å². The first-order chi connectivity index (χ1) is 19.1. The molecule has 0 aromatic heterocycles. The van der Waals surface area contributed by atoms with E-state index >= 15 is 0 Å². The van der Waals surface area contributed by atoms with Crippen molar-refractivity contribution in [2.24, 2.45) is 0 Å². The summed E-state index contributed by atoms with van der Waals surface area (Å²) in [5.41, 5.74) is 0. The largest absolute Gasteiger partial charge is 0.460 e. The van der Waals surface area contributed by atoms with Gasteiger partial charge >= 0.3 is 71.6 Å². The molecule has 270 valence electrons. The quantitative estimate of drug-likeness (QED) is 0.153. The Morgan fingerprint density at radius 2 is 0.556 bits per heavy atom. The number of hydrogen-bond donors (Lipinski definition) is 0. The molecule has 0 aromatic rings. The molecule has 1 nitrogen and oxygen atoms in total. The highest BCUT2D eigenvalue weighted by Crippen LogP contribution is 2.62. The number of hydrogen-bond acceptors (Lipinski definition) is 1. The van der Waals surface area contributed by atoms with E-state index in [1.807, 2.05) is 0 Å². The monoisotopic (exact) mass is 736 g/mol. The van der Waals surface area contributed by atoms with Crippen LogP contribution in [0.1, 0.15) is 32.1 Å². The maximum atomic E-state index is 13.6. The summed E-state index contributed by atoms with van der Waals surface area (Å²) in [6, 6.07) is 0. The summed E-state index contributed by atoms with van der Waals surface area (Å²) in [5.74, 6) is -81.0. The van der Waals surface area contributed by atoms with Crippen molar-refractivity contribution in [2.75, 3.05) is 0 Å². The molecule has 0 aliphatic carbocycles. The normalized spacial score (nSPS) is 16.3. The smallest absolute Gasteiger partial charge is 0.300 e. The fourth-order valence-corrected chi connectivity index (χ4v) is 2.85. The van der Waals surface area contributed by atoms with E-state index in [4.69, 9.17) is 0 Å². The lowest BCUT2D eigenvalue weighted by Crippen LogP contribution is -2.70. The summed E-state index contributed by atoms with van der Waals surface area (Å²) in [7, 11) is 0. The molecule has 0 aliphatic rings. The van der Waals surface area contributed by atoms with Crippen LogP contribution in [0.3, 0.4) is 0 Å². The molecule has 0 saturated heterocycles. The first-order valence-corrected chi connectivity index (χ1v) is 10.5. The van der Waals surface area contributed by atoms with Crippen LogP contribution in [0.5, 0.6) is 0 Å². The summed E-state index contributed by atoms with van der Waals surface area (Å²) in [5, 5.41) is 0. The zero-order valence-electron chi connectivity index (χ0n) is 20.3. The minimum atomic E-state index is -8.32. The molecule has 0 fully saturated rings. The molecule has 0 radical (unpaired) electrons. The fraction of sp³-hybridized carbons (Fsp3) is 0.944. The third-order valence-corrected chi connectivity index (χ3v) is 5.66. The molecular weight excluding hydrogens is 726 g/mol. The van der Waals surface area contributed by atoms with Crippen LogP contribution in [-0.4, -0.2) is 77.4 Å². The van der Waals surface area contributed by atoms with E-state index in [0.29, 0.717) is 0 Å². The van der Waals surface area contributed by atoms with Gasteiger partial charge in [-0.2, -0.15) is 114 Å². The lowest BCUT2D eigenvalue weighted by atomic mass is 9.90. The Morgan fingerprint density at radius 3 is 0.822 bits per heavy atom. The standard InChI is InChI=1S/C18H10F26O/c19-7(20,9(23,24)11(27,28)13(31,32)15(35,36)17(39,40)41)4-1-2-6(45)3-5-8(21,22)10(25,26)12(29,30)14(33,34)16(37,38)18(42,43)44/h1-5H2. The summed E-state index contributed by atoms with van der Waals surface area (Å²) >= 11 is 0. The molecule has 27 heteroatoms. The third kappa shape index (κ3) is 6.53. The maximum Gasteiger partial charge on any atom is 0.460 e. The molecule has 0 rings (SSSR count). The third-order valence-electron chi connectivity index (χ3n) is 5.66. The minimum absolute atomic E-state index is 2.06. The van der Waals surface area contributed by atoms with Gasteiger partial charge in [0.25, 0.3) is 0 Å². The van der Waals surface area contributed by atoms with Crippen molar-refractivity contribution in [3.63, 3.8) is 0 Å². The van der Waals surface area contributed by atoms with Gasteiger partial charge in [0.1, 0.15) is 5.78 Å². The second kappa shape index (κ2) is 11.5. The number of rotatable bonds is 15. The molecule has 0 heterocycles. The Balaban J connectivity index is 5.81. The van der Waals surface area contributed by atoms with Gasteiger partial charge in [0.15, 0.2) is 0 Å². The molecule has 0 unspecified atom stereocenters. The van der Waals surface area contributed by atoms with E-state index in [1.165, 1.54) is 0 Å². The first kappa shape index (κ1) is 42.9. The topological polar surface area (TPSA) is 17.1 Å². The van der Waals surface area contributed by atoms with Gasteiger partial charge in [-0.05, 0) is 6.42 Å². The molecular formula is C18H10F26O. The van der Waals surface area contributed by atoms with Gasteiger partial charge < -0.3 is 0 Å². The number of Topliss-reactive ketones (excluding diaryl/α,β-unsaturated/α-hetero) is 1. The second-order valence-corrected chi connectivity index (χ2v) is 8.89. The van der Waals surface area contributed by atoms with E-state index < -0.39 is 109 Å². The molecule has 0 spiro atoms. The van der Waals surface area contributed by atoms with Gasteiger partial charge in [-0.1, -0.05) is 0 Å². The fourth-order valence-electron chi connectivity index (χ4n) is 2.85. The molecule has 0 saturated carbocycles. The zero-order valence-corrected chi connectivity index (χ0v) is 20.3. The first-order valence-electron chi connectivity index (χ1n) is 10.5. The molecule has 0 N–H and O–H groups in total. The second-order valence-electron chi connectivity index (χ2n) is 8.89. The maximum absolute atomic E-state index is 13.6. The van der Waals surface area contributed by atoms with Crippen molar-refractivity contribution >= 4 is 5.78 Å². The van der Waals surface area contributed by atoms with Crippen molar-refractivity contribution < 1.29 is 119 Å². The average molecular weight is 736 g/mol. The van der Waals surface area contributed by atoms with Gasteiger partial charge in [-0.3, -0.25) is 4.79 Å². The van der Waals surface area contributed by atoms with Gasteiger partial charge in [-0.25, -0.2) is 0 Å². The minimum Gasteiger partial charge on any atom is -0.300 e. The van der Waals surface area contributed by atoms with Crippen molar-refractivity contribution in [1.29, 1.82) is 0 Å². The van der Waals surface area contributed by atoms with Gasteiger partial charge in [-0.15, -0.1) is 0 Å². The highest BCUT2D eigenvalue weighted by molar-refractivity contribution is 5.78. The SMILES string of the molecule is O=C(CCCC(F)(F)C(F)(F)C(F)(F)C(F)(F)C(F)(F)C(F)(F)F)CCC(F)(F)C(F)(F)C(F)(F)C(F)(F)C(F)(F)C(F)(F)F. The molecule has 0 aliphatic heterocycles. The lowest BCUT2D eigenvalue weighted by Gasteiger charge is -2.39. The molecule has 45 heavy (non-hydrogen) atoms. The molecule has 0 amide bonds. The Bertz CT molecular complexity index is 1050.